The molecule has 0 aliphatic rings. The van der Waals surface area contributed by atoms with Crippen LogP contribution >= 0.6 is 0 Å². The molecular formula is C18H35N. The van der Waals surface area contributed by atoms with Gasteiger partial charge in [0.1, 0.15) is 0 Å². The first-order chi connectivity index (χ1) is 9.15. The van der Waals surface area contributed by atoms with Gasteiger partial charge < -0.3 is 5.73 Å². The van der Waals surface area contributed by atoms with Crippen LogP contribution in [0.2, 0.25) is 0 Å². The summed E-state index contributed by atoms with van der Waals surface area (Å²) < 4.78 is 0. The molecule has 112 valence electrons. The minimum atomic E-state index is 0.584. The molecule has 0 aromatic heterocycles. The molecule has 2 N–H and O–H groups in total. The molecule has 1 rings (SSSR count). The van der Waals surface area contributed by atoms with Crippen molar-refractivity contribution in [1.29, 1.82) is 0 Å². The predicted molar refractivity (Wildman–Crippen MR) is 92.4 cm³/mol. The Morgan fingerprint density at radius 2 is 1.26 bits per heavy atom. The lowest BCUT2D eigenvalue weighted by molar-refractivity contribution is 0.866. The lowest BCUT2D eigenvalue weighted by Gasteiger charge is -2.06. The van der Waals surface area contributed by atoms with Crippen LogP contribution in [0.4, 0.5) is 0 Å². The molecule has 0 atom stereocenters. The summed E-state index contributed by atoms with van der Waals surface area (Å²) in [5.74, 6) is 0.584. The molecule has 0 bridgehead atoms. The average Bonchev–Trinajstić information content (AvgIpc) is 2.52. The van der Waals surface area contributed by atoms with Crippen LogP contribution in [0.15, 0.2) is 30.3 Å². The predicted octanol–water partition coefficient (Wildman–Crippen LogP) is 6.21. The highest BCUT2D eigenvalue weighted by Gasteiger charge is 1.99. The van der Waals surface area contributed by atoms with E-state index >= 15 is 0 Å². The Morgan fingerprint density at radius 1 is 0.895 bits per heavy atom. The SMILES string of the molecule is C/C=C(\N)c1ccc(C(C)C)cc1.CC.CC.CC. The molecule has 19 heavy (non-hydrogen) atoms. The van der Waals surface area contributed by atoms with Crippen molar-refractivity contribution in [2.45, 2.75) is 68.2 Å². The second-order valence-corrected chi connectivity index (χ2v) is 3.52. The topological polar surface area (TPSA) is 26.0 Å². The summed E-state index contributed by atoms with van der Waals surface area (Å²) in [5.41, 5.74) is 9.08. The van der Waals surface area contributed by atoms with Gasteiger partial charge in [-0.3, -0.25) is 0 Å². The van der Waals surface area contributed by atoms with Crippen molar-refractivity contribution in [3.63, 3.8) is 0 Å². The molecular weight excluding hydrogens is 230 g/mol. The normalized spacial score (nSPS) is 9.26. The largest absolute Gasteiger partial charge is 0.399 e. The number of allylic oxidation sites excluding steroid dienone is 1. The van der Waals surface area contributed by atoms with Gasteiger partial charge in [0.15, 0.2) is 0 Å². The van der Waals surface area contributed by atoms with Gasteiger partial charge in [-0.05, 0) is 24.0 Å². The standard InChI is InChI=1S/C12H17N.3C2H6/c1-4-12(13)11-7-5-10(6-8-11)9(2)3;3*1-2/h4-9H,13H2,1-3H3;3*1-2H3/b12-4-;;;. The van der Waals surface area contributed by atoms with Crippen LogP contribution in [0.3, 0.4) is 0 Å². The van der Waals surface area contributed by atoms with Crippen LogP contribution in [-0.4, -0.2) is 0 Å². The summed E-state index contributed by atoms with van der Waals surface area (Å²) in [6.07, 6.45) is 1.92. The van der Waals surface area contributed by atoms with Gasteiger partial charge in [0.05, 0.1) is 0 Å². The molecule has 0 spiro atoms. The Morgan fingerprint density at radius 3 is 1.53 bits per heavy atom. The van der Waals surface area contributed by atoms with E-state index in [0.717, 1.165) is 11.3 Å². The van der Waals surface area contributed by atoms with E-state index in [0.29, 0.717) is 5.92 Å². The Labute approximate surface area is 121 Å². The molecule has 1 nitrogen and oxygen atoms in total. The summed E-state index contributed by atoms with van der Waals surface area (Å²) in [5, 5.41) is 0. The maximum absolute atomic E-state index is 5.78. The van der Waals surface area contributed by atoms with Gasteiger partial charge in [-0.2, -0.15) is 0 Å². The third kappa shape index (κ3) is 10.4. The van der Waals surface area contributed by atoms with E-state index in [2.05, 4.69) is 38.1 Å². The first-order valence-electron chi connectivity index (χ1n) is 7.67. The Balaban J connectivity index is -0.000000375. The van der Waals surface area contributed by atoms with Crippen molar-refractivity contribution in [2.24, 2.45) is 5.73 Å². The van der Waals surface area contributed by atoms with E-state index in [-0.39, 0.29) is 0 Å². The fourth-order valence-electron chi connectivity index (χ4n) is 1.23. The lowest BCUT2D eigenvalue weighted by Crippen LogP contribution is -1.96. The quantitative estimate of drug-likeness (QED) is 0.676. The zero-order chi connectivity index (χ0) is 15.8. The van der Waals surface area contributed by atoms with E-state index in [1.54, 1.807) is 0 Å². The lowest BCUT2D eigenvalue weighted by atomic mass is 10.0. The van der Waals surface area contributed by atoms with Gasteiger partial charge >= 0.3 is 0 Å². The minimum absolute atomic E-state index is 0.584. The molecule has 0 fully saturated rings. The third-order valence-electron chi connectivity index (χ3n) is 2.22. The van der Waals surface area contributed by atoms with Crippen LogP contribution in [0.25, 0.3) is 5.70 Å². The van der Waals surface area contributed by atoms with Gasteiger partial charge in [-0.25, -0.2) is 0 Å². The van der Waals surface area contributed by atoms with Gasteiger partial charge in [-0.15, -0.1) is 0 Å². The maximum atomic E-state index is 5.78. The zero-order valence-corrected chi connectivity index (χ0v) is 14.5. The second-order valence-electron chi connectivity index (χ2n) is 3.52. The van der Waals surface area contributed by atoms with Crippen LogP contribution in [0.5, 0.6) is 0 Å². The summed E-state index contributed by atoms with van der Waals surface area (Å²) in [7, 11) is 0. The van der Waals surface area contributed by atoms with Gasteiger partial charge in [0, 0.05) is 5.70 Å². The molecule has 0 saturated carbocycles. The highest BCUT2D eigenvalue weighted by molar-refractivity contribution is 5.62. The van der Waals surface area contributed by atoms with Crippen LogP contribution in [-0.2, 0) is 0 Å². The van der Waals surface area contributed by atoms with Crippen LogP contribution in [0.1, 0.15) is 79.4 Å². The van der Waals surface area contributed by atoms with E-state index in [1.807, 2.05) is 54.5 Å². The number of nitrogens with two attached hydrogens (primary N) is 1. The monoisotopic (exact) mass is 265 g/mol. The zero-order valence-electron chi connectivity index (χ0n) is 14.5. The highest BCUT2D eigenvalue weighted by atomic mass is 14.6. The number of rotatable bonds is 2. The fourth-order valence-corrected chi connectivity index (χ4v) is 1.23. The summed E-state index contributed by atoms with van der Waals surface area (Å²) in [6, 6.07) is 8.42. The maximum Gasteiger partial charge on any atom is 0.0344 e. The highest BCUT2D eigenvalue weighted by Crippen LogP contribution is 2.16. The molecule has 0 radical (unpaired) electrons. The van der Waals surface area contributed by atoms with Crippen LogP contribution in [0, 0.1) is 0 Å². The molecule has 0 saturated heterocycles. The number of hydrogen-bond acceptors (Lipinski definition) is 1. The molecule has 0 heterocycles. The number of benzene rings is 1. The third-order valence-corrected chi connectivity index (χ3v) is 2.22. The smallest absolute Gasteiger partial charge is 0.0344 e. The average molecular weight is 265 g/mol. The summed E-state index contributed by atoms with van der Waals surface area (Å²) >= 11 is 0. The summed E-state index contributed by atoms with van der Waals surface area (Å²) in [4.78, 5) is 0. The van der Waals surface area contributed by atoms with Gasteiger partial charge in [-0.1, -0.05) is 85.7 Å². The van der Waals surface area contributed by atoms with Crippen molar-refractivity contribution in [1.82, 2.24) is 0 Å². The van der Waals surface area contributed by atoms with Crippen molar-refractivity contribution in [3.8, 4) is 0 Å². The minimum Gasteiger partial charge on any atom is -0.399 e. The van der Waals surface area contributed by atoms with Crippen molar-refractivity contribution in [3.05, 3.63) is 41.5 Å². The van der Waals surface area contributed by atoms with Crippen molar-refractivity contribution < 1.29 is 0 Å². The Hall–Kier alpha value is -1.24. The first kappa shape index (κ1) is 22.9. The molecule has 1 heteroatoms. The molecule has 1 aromatic rings. The first-order valence-corrected chi connectivity index (χ1v) is 7.67. The van der Waals surface area contributed by atoms with Crippen LogP contribution < -0.4 is 5.73 Å². The molecule has 0 unspecified atom stereocenters. The molecule has 0 amide bonds. The van der Waals surface area contributed by atoms with Gasteiger partial charge in [0.2, 0.25) is 0 Å². The van der Waals surface area contributed by atoms with Crippen molar-refractivity contribution in [2.75, 3.05) is 0 Å². The van der Waals surface area contributed by atoms with E-state index in [1.165, 1.54) is 5.56 Å². The van der Waals surface area contributed by atoms with E-state index in [9.17, 15) is 0 Å². The molecule has 0 aliphatic carbocycles. The fraction of sp³-hybridized carbons (Fsp3) is 0.556. The number of hydrogen-bond donors (Lipinski definition) is 1. The summed E-state index contributed by atoms with van der Waals surface area (Å²) in [6.45, 7) is 18.3. The Kier molecular flexibility index (Phi) is 20.2. The van der Waals surface area contributed by atoms with E-state index in [4.69, 9.17) is 5.73 Å². The van der Waals surface area contributed by atoms with Crippen molar-refractivity contribution >= 4 is 5.70 Å². The Bertz CT molecular complexity index is 294. The molecule has 0 aliphatic heterocycles. The molecule has 1 aromatic carbocycles. The second kappa shape index (κ2) is 16.8. The van der Waals surface area contributed by atoms with Gasteiger partial charge in [0.25, 0.3) is 0 Å². The van der Waals surface area contributed by atoms with E-state index < -0.39 is 0 Å².